The molecule has 1 aromatic heterocycles. The van der Waals surface area contributed by atoms with Crippen molar-refractivity contribution < 1.29 is 9.53 Å². The lowest BCUT2D eigenvalue weighted by atomic mass is 9.94. The topological polar surface area (TPSA) is 59.4 Å². The molecule has 1 N–H and O–H groups in total. The summed E-state index contributed by atoms with van der Waals surface area (Å²) in [6.07, 6.45) is 8.11. The standard InChI is InChI=1S/C13H20N4O2/c1-19-13(18)11-7-15-17-9-16(8-14-12(11)17)10-5-3-2-4-6-10/h7,10,14H,2-6,8-9H2,1H3. The predicted molar refractivity (Wildman–Crippen MR) is 70.8 cm³/mol. The zero-order valence-corrected chi connectivity index (χ0v) is 11.3. The summed E-state index contributed by atoms with van der Waals surface area (Å²) in [5, 5.41) is 7.58. The van der Waals surface area contributed by atoms with Crippen LogP contribution in [0.15, 0.2) is 6.20 Å². The van der Waals surface area contributed by atoms with Crippen LogP contribution >= 0.6 is 0 Å². The first-order chi connectivity index (χ1) is 9.29. The van der Waals surface area contributed by atoms with Gasteiger partial charge < -0.3 is 10.1 Å². The molecule has 3 rings (SSSR count). The number of ether oxygens (including phenoxy) is 1. The number of carbonyl (C=O) groups is 1. The maximum absolute atomic E-state index is 11.6. The normalized spacial score (nSPS) is 20.7. The van der Waals surface area contributed by atoms with E-state index in [0.29, 0.717) is 11.6 Å². The van der Waals surface area contributed by atoms with Crippen molar-refractivity contribution in [3.8, 4) is 0 Å². The number of hydrogen-bond donors (Lipinski definition) is 1. The molecule has 1 saturated carbocycles. The minimum absolute atomic E-state index is 0.333. The molecular weight excluding hydrogens is 244 g/mol. The third kappa shape index (κ3) is 2.32. The van der Waals surface area contributed by atoms with E-state index < -0.39 is 0 Å². The Bertz CT molecular complexity index is 465. The molecule has 0 atom stereocenters. The molecule has 0 radical (unpaired) electrons. The van der Waals surface area contributed by atoms with Crippen molar-refractivity contribution in [3.63, 3.8) is 0 Å². The van der Waals surface area contributed by atoms with Crippen molar-refractivity contribution in [2.24, 2.45) is 0 Å². The molecule has 104 valence electrons. The molecule has 6 nitrogen and oxygen atoms in total. The molecule has 1 fully saturated rings. The molecule has 0 aromatic carbocycles. The van der Waals surface area contributed by atoms with Crippen LogP contribution in [0.3, 0.4) is 0 Å². The van der Waals surface area contributed by atoms with Crippen LogP contribution in [-0.2, 0) is 11.4 Å². The summed E-state index contributed by atoms with van der Waals surface area (Å²) in [5.74, 6) is 0.443. The Morgan fingerprint density at radius 2 is 2.21 bits per heavy atom. The van der Waals surface area contributed by atoms with Gasteiger partial charge in [-0.05, 0) is 12.8 Å². The molecule has 2 aliphatic rings. The number of nitrogens with zero attached hydrogens (tertiary/aromatic N) is 3. The van der Waals surface area contributed by atoms with E-state index in [1.165, 1.54) is 39.2 Å². The summed E-state index contributed by atoms with van der Waals surface area (Å²) in [7, 11) is 1.39. The summed E-state index contributed by atoms with van der Waals surface area (Å²) in [6.45, 7) is 1.53. The first-order valence-corrected chi connectivity index (χ1v) is 6.91. The van der Waals surface area contributed by atoms with Gasteiger partial charge in [-0.2, -0.15) is 5.10 Å². The second-order valence-electron chi connectivity index (χ2n) is 5.25. The van der Waals surface area contributed by atoms with E-state index in [9.17, 15) is 4.79 Å². The molecule has 2 heterocycles. The minimum atomic E-state index is -0.333. The van der Waals surface area contributed by atoms with Crippen LogP contribution in [0.25, 0.3) is 0 Å². The van der Waals surface area contributed by atoms with E-state index >= 15 is 0 Å². The third-order valence-electron chi connectivity index (χ3n) is 4.10. The van der Waals surface area contributed by atoms with Crippen molar-refractivity contribution in [3.05, 3.63) is 11.8 Å². The molecule has 1 aliphatic carbocycles. The molecule has 0 amide bonds. The highest BCUT2D eigenvalue weighted by molar-refractivity contribution is 5.94. The van der Waals surface area contributed by atoms with E-state index in [-0.39, 0.29) is 5.97 Å². The minimum Gasteiger partial charge on any atom is -0.465 e. The van der Waals surface area contributed by atoms with E-state index in [0.717, 1.165) is 19.2 Å². The summed E-state index contributed by atoms with van der Waals surface area (Å²) in [6, 6.07) is 0.639. The van der Waals surface area contributed by atoms with Gasteiger partial charge in [0.1, 0.15) is 11.4 Å². The smallest absolute Gasteiger partial charge is 0.343 e. The highest BCUT2D eigenvalue weighted by Crippen LogP contribution is 2.27. The van der Waals surface area contributed by atoms with Gasteiger partial charge in [0, 0.05) is 6.04 Å². The fraction of sp³-hybridized carbons (Fsp3) is 0.692. The lowest BCUT2D eigenvalue weighted by molar-refractivity contribution is 0.0600. The maximum Gasteiger partial charge on any atom is 0.343 e. The first-order valence-electron chi connectivity index (χ1n) is 6.91. The van der Waals surface area contributed by atoms with Gasteiger partial charge in [-0.3, -0.25) is 4.90 Å². The van der Waals surface area contributed by atoms with E-state index in [1.54, 1.807) is 6.20 Å². The van der Waals surface area contributed by atoms with Gasteiger partial charge in [-0.25, -0.2) is 9.48 Å². The molecular formula is C13H20N4O2. The SMILES string of the molecule is COC(=O)c1cnn2c1NCN(C1CCCCC1)C2. The average Bonchev–Trinajstić information content (AvgIpc) is 2.90. The average molecular weight is 264 g/mol. The second-order valence-corrected chi connectivity index (χ2v) is 5.25. The summed E-state index contributed by atoms with van der Waals surface area (Å²) in [4.78, 5) is 14.0. The largest absolute Gasteiger partial charge is 0.465 e. The number of nitrogens with one attached hydrogen (secondary N) is 1. The van der Waals surface area contributed by atoms with E-state index in [1.807, 2.05) is 4.68 Å². The Morgan fingerprint density at radius 1 is 1.42 bits per heavy atom. The second kappa shape index (κ2) is 5.21. The van der Waals surface area contributed by atoms with Gasteiger partial charge in [0.05, 0.1) is 26.6 Å². The van der Waals surface area contributed by atoms with Crippen LogP contribution in [-0.4, -0.2) is 40.5 Å². The summed E-state index contributed by atoms with van der Waals surface area (Å²) in [5.41, 5.74) is 0.519. The first kappa shape index (κ1) is 12.5. The Kier molecular flexibility index (Phi) is 3.42. The molecule has 0 bridgehead atoms. The number of anilines is 1. The van der Waals surface area contributed by atoms with Gasteiger partial charge >= 0.3 is 5.97 Å². The van der Waals surface area contributed by atoms with Gasteiger partial charge in [0.25, 0.3) is 0 Å². The Labute approximate surface area is 112 Å². The van der Waals surface area contributed by atoms with E-state index in [4.69, 9.17) is 4.74 Å². The fourth-order valence-corrected chi connectivity index (χ4v) is 3.03. The number of fused-ring (bicyclic) bond motifs is 1. The van der Waals surface area contributed by atoms with Crippen LogP contribution in [0.1, 0.15) is 42.5 Å². The molecule has 19 heavy (non-hydrogen) atoms. The lowest BCUT2D eigenvalue weighted by Gasteiger charge is -2.37. The molecule has 1 aromatic rings. The van der Waals surface area contributed by atoms with Crippen molar-refractivity contribution >= 4 is 11.8 Å². The third-order valence-corrected chi connectivity index (χ3v) is 4.10. The van der Waals surface area contributed by atoms with Gasteiger partial charge in [-0.1, -0.05) is 19.3 Å². The van der Waals surface area contributed by atoms with Crippen molar-refractivity contribution in [1.82, 2.24) is 14.7 Å². The summed E-state index contributed by atoms with van der Waals surface area (Å²) < 4.78 is 6.61. The number of esters is 1. The molecule has 1 aliphatic heterocycles. The Hall–Kier alpha value is -1.56. The number of methoxy groups -OCH3 is 1. The number of rotatable bonds is 2. The monoisotopic (exact) mass is 264 g/mol. The lowest BCUT2D eigenvalue weighted by Crippen LogP contribution is -2.45. The molecule has 0 saturated heterocycles. The van der Waals surface area contributed by atoms with Crippen LogP contribution in [0, 0.1) is 0 Å². The van der Waals surface area contributed by atoms with Crippen LogP contribution < -0.4 is 5.32 Å². The Balaban J connectivity index is 1.74. The summed E-state index contributed by atoms with van der Waals surface area (Å²) >= 11 is 0. The number of aromatic nitrogens is 2. The molecule has 6 heteroatoms. The highest BCUT2D eigenvalue weighted by Gasteiger charge is 2.28. The maximum atomic E-state index is 11.6. The predicted octanol–water partition coefficient (Wildman–Crippen LogP) is 1.64. The van der Waals surface area contributed by atoms with Crippen molar-refractivity contribution in [2.45, 2.75) is 44.8 Å². The number of hydrogen-bond acceptors (Lipinski definition) is 5. The zero-order chi connectivity index (χ0) is 13.2. The van der Waals surface area contributed by atoms with E-state index in [2.05, 4.69) is 15.3 Å². The quantitative estimate of drug-likeness (QED) is 0.823. The van der Waals surface area contributed by atoms with Crippen LogP contribution in [0.5, 0.6) is 0 Å². The van der Waals surface area contributed by atoms with Crippen LogP contribution in [0.2, 0.25) is 0 Å². The van der Waals surface area contributed by atoms with Gasteiger partial charge in [0.2, 0.25) is 0 Å². The molecule has 0 spiro atoms. The molecule has 0 unspecified atom stereocenters. The number of carbonyl (C=O) groups excluding carboxylic acids is 1. The van der Waals surface area contributed by atoms with Crippen molar-refractivity contribution in [2.75, 3.05) is 19.1 Å². The zero-order valence-electron chi connectivity index (χ0n) is 11.3. The van der Waals surface area contributed by atoms with Crippen molar-refractivity contribution in [1.29, 1.82) is 0 Å². The van der Waals surface area contributed by atoms with Gasteiger partial charge in [0.15, 0.2) is 0 Å². The highest BCUT2D eigenvalue weighted by atomic mass is 16.5. The van der Waals surface area contributed by atoms with Gasteiger partial charge in [-0.15, -0.1) is 0 Å². The van der Waals surface area contributed by atoms with Crippen LogP contribution in [0.4, 0.5) is 5.82 Å². The Morgan fingerprint density at radius 3 is 2.95 bits per heavy atom. The fourth-order valence-electron chi connectivity index (χ4n) is 3.03.